The second-order valence-corrected chi connectivity index (χ2v) is 5.22. The van der Waals surface area contributed by atoms with Gasteiger partial charge in [0.25, 0.3) is 5.91 Å². The van der Waals surface area contributed by atoms with E-state index >= 15 is 0 Å². The van der Waals surface area contributed by atoms with Crippen LogP contribution in [0.1, 0.15) is 21.9 Å². The summed E-state index contributed by atoms with van der Waals surface area (Å²) < 4.78 is 5.39. The molecule has 1 amide bonds. The maximum Gasteiger partial charge on any atom is 0.259 e. The van der Waals surface area contributed by atoms with Crippen LogP contribution in [0.2, 0.25) is 0 Å². The second kappa shape index (κ2) is 5.90. The zero-order valence-electron chi connectivity index (χ0n) is 12.6. The van der Waals surface area contributed by atoms with Crippen molar-refractivity contribution in [1.82, 2.24) is 0 Å². The third-order valence-corrected chi connectivity index (χ3v) is 3.54. The number of hydrogen-bond donors (Lipinski definition) is 1. The van der Waals surface area contributed by atoms with Crippen LogP contribution in [0.3, 0.4) is 0 Å². The molecule has 0 saturated heterocycles. The number of hydrogen-bond acceptors (Lipinski definition) is 2. The van der Waals surface area contributed by atoms with E-state index in [1.54, 1.807) is 13.0 Å². The molecule has 0 aliphatic heterocycles. The van der Waals surface area contributed by atoms with Gasteiger partial charge in [-0.3, -0.25) is 4.79 Å². The van der Waals surface area contributed by atoms with E-state index < -0.39 is 0 Å². The molecule has 0 aliphatic rings. The van der Waals surface area contributed by atoms with Gasteiger partial charge in [0.15, 0.2) is 0 Å². The maximum absolute atomic E-state index is 12.2. The highest BCUT2D eigenvalue weighted by molar-refractivity contribution is 6.05. The van der Waals surface area contributed by atoms with Crippen molar-refractivity contribution in [3.63, 3.8) is 0 Å². The number of furan rings is 1. The molecule has 0 aliphatic carbocycles. The standard InChI is InChI=1S/C19H17NO2/c1-13-12-18(14(2)22-13)19(21)20-17-10-8-16(9-11-17)15-6-4-3-5-7-15/h3-12H,1-2H3,(H,20,21). The minimum absolute atomic E-state index is 0.151. The molecule has 1 heterocycles. The third-order valence-electron chi connectivity index (χ3n) is 3.54. The number of rotatable bonds is 3. The van der Waals surface area contributed by atoms with E-state index in [2.05, 4.69) is 17.4 Å². The SMILES string of the molecule is Cc1cc(C(=O)Nc2ccc(-c3ccccc3)cc2)c(C)o1. The van der Waals surface area contributed by atoms with Gasteiger partial charge in [-0.25, -0.2) is 0 Å². The first-order valence-corrected chi connectivity index (χ1v) is 7.17. The van der Waals surface area contributed by atoms with Gasteiger partial charge in [0.2, 0.25) is 0 Å². The lowest BCUT2D eigenvalue weighted by atomic mass is 10.1. The van der Waals surface area contributed by atoms with Crippen molar-refractivity contribution in [1.29, 1.82) is 0 Å². The molecule has 3 nitrogen and oxygen atoms in total. The van der Waals surface area contributed by atoms with Crippen LogP contribution in [0.25, 0.3) is 11.1 Å². The molecule has 110 valence electrons. The maximum atomic E-state index is 12.2. The van der Waals surface area contributed by atoms with E-state index in [1.165, 1.54) is 0 Å². The normalized spacial score (nSPS) is 10.5. The van der Waals surface area contributed by atoms with Crippen LogP contribution >= 0.6 is 0 Å². The van der Waals surface area contributed by atoms with Crippen LogP contribution in [0, 0.1) is 13.8 Å². The summed E-state index contributed by atoms with van der Waals surface area (Å²) >= 11 is 0. The number of nitrogens with one attached hydrogen (secondary N) is 1. The molecule has 0 bridgehead atoms. The summed E-state index contributed by atoms with van der Waals surface area (Å²) in [6, 6.07) is 19.7. The molecule has 0 saturated carbocycles. The summed E-state index contributed by atoms with van der Waals surface area (Å²) in [7, 11) is 0. The molecular formula is C19H17NO2. The Balaban J connectivity index is 1.76. The fourth-order valence-electron chi connectivity index (χ4n) is 2.43. The minimum Gasteiger partial charge on any atom is -0.466 e. The highest BCUT2D eigenvalue weighted by atomic mass is 16.3. The molecule has 1 N–H and O–H groups in total. The first-order chi connectivity index (χ1) is 10.6. The number of carbonyl (C=O) groups excluding carboxylic acids is 1. The van der Waals surface area contributed by atoms with Crippen molar-refractivity contribution >= 4 is 11.6 Å². The Morgan fingerprint density at radius 2 is 1.55 bits per heavy atom. The van der Waals surface area contributed by atoms with Gasteiger partial charge in [-0.15, -0.1) is 0 Å². The zero-order valence-corrected chi connectivity index (χ0v) is 12.6. The van der Waals surface area contributed by atoms with Gasteiger partial charge in [-0.05, 0) is 43.2 Å². The molecule has 3 aromatic rings. The van der Waals surface area contributed by atoms with Crippen LogP contribution in [0.5, 0.6) is 0 Å². The van der Waals surface area contributed by atoms with Crippen LogP contribution in [-0.4, -0.2) is 5.91 Å². The molecule has 0 unspecified atom stereocenters. The number of anilines is 1. The van der Waals surface area contributed by atoms with Crippen LogP contribution in [0.4, 0.5) is 5.69 Å². The number of carbonyl (C=O) groups is 1. The highest BCUT2D eigenvalue weighted by Gasteiger charge is 2.13. The molecule has 0 atom stereocenters. The molecule has 1 aromatic heterocycles. The first-order valence-electron chi connectivity index (χ1n) is 7.17. The average Bonchev–Trinajstić information content (AvgIpc) is 2.88. The molecule has 0 fully saturated rings. The molecular weight excluding hydrogens is 274 g/mol. The molecule has 22 heavy (non-hydrogen) atoms. The monoisotopic (exact) mass is 291 g/mol. The highest BCUT2D eigenvalue weighted by Crippen LogP contribution is 2.22. The van der Waals surface area contributed by atoms with Gasteiger partial charge < -0.3 is 9.73 Å². The Bertz CT molecular complexity index is 786. The van der Waals surface area contributed by atoms with Gasteiger partial charge >= 0.3 is 0 Å². The second-order valence-electron chi connectivity index (χ2n) is 5.22. The van der Waals surface area contributed by atoms with Crippen molar-refractivity contribution in [3.05, 3.63) is 77.7 Å². The van der Waals surface area contributed by atoms with Crippen molar-refractivity contribution in [2.24, 2.45) is 0 Å². The Morgan fingerprint density at radius 1 is 0.909 bits per heavy atom. The first kappa shape index (κ1) is 14.1. The molecule has 3 heteroatoms. The summed E-state index contributed by atoms with van der Waals surface area (Å²) in [4.78, 5) is 12.2. The lowest BCUT2D eigenvalue weighted by molar-refractivity contribution is 0.102. The molecule has 2 aromatic carbocycles. The van der Waals surface area contributed by atoms with Crippen molar-refractivity contribution in [3.8, 4) is 11.1 Å². The zero-order chi connectivity index (χ0) is 15.5. The molecule has 0 spiro atoms. The fraction of sp³-hybridized carbons (Fsp3) is 0.105. The van der Waals surface area contributed by atoms with E-state index in [1.807, 2.05) is 49.4 Å². The summed E-state index contributed by atoms with van der Waals surface area (Å²) in [5, 5.41) is 2.89. The predicted octanol–water partition coefficient (Wildman–Crippen LogP) is 4.82. The van der Waals surface area contributed by atoms with E-state index in [4.69, 9.17) is 4.42 Å². The molecule has 0 radical (unpaired) electrons. The number of aryl methyl sites for hydroxylation is 2. The lowest BCUT2D eigenvalue weighted by Crippen LogP contribution is -2.11. The topological polar surface area (TPSA) is 42.2 Å². The fourth-order valence-corrected chi connectivity index (χ4v) is 2.43. The van der Waals surface area contributed by atoms with Crippen molar-refractivity contribution in [2.75, 3.05) is 5.32 Å². The van der Waals surface area contributed by atoms with E-state index in [0.717, 1.165) is 22.6 Å². The van der Waals surface area contributed by atoms with Gasteiger partial charge in [0.1, 0.15) is 11.5 Å². The summed E-state index contributed by atoms with van der Waals surface area (Å²) in [6.07, 6.45) is 0. The van der Waals surface area contributed by atoms with Crippen LogP contribution < -0.4 is 5.32 Å². The van der Waals surface area contributed by atoms with Crippen molar-refractivity contribution < 1.29 is 9.21 Å². The average molecular weight is 291 g/mol. The Kier molecular flexibility index (Phi) is 3.79. The Labute approximate surface area is 129 Å². The van der Waals surface area contributed by atoms with Crippen LogP contribution in [-0.2, 0) is 0 Å². The minimum atomic E-state index is -0.151. The predicted molar refractivity (Wildman–Crippen MR) is 88.0 cm³/mol. The van der Waals surface area contributed by atoms with E-state index in [9.17, 15) is 4.79 Å². The largest absolute Gasteiger partial charge is 0.466 e. The quantitative estimate of drug-likeness (QED) is 0.752. The number of amides is 1. The summed E-state index contributed by atoms with van der Waals surface area (Å²) in [6.45, 7) is 3.62. The Hall–Kier alpha value is -2.81. The molecule has 3 rings (SSSR count). The third kappa shape index (κ3) is 2.93. The van der Waals surface area contributed by atoms with Gasteiger partial charge in [0.05, 0.1) is 5.56 Å². The smallest absolute Gasteiger partial charge is 0.259 e. The lowest BCUT2D eigenvalue weighted by Gasteiger charge is -2.06. The van der Waals surface area contributed by atoms with E-state index in [-0.39, 0.29) is 5.91 Å². The summed E-state index contributed by atoms with van der Waals surface area (Å²) in [5.74, 6) is 1.22. The van der Waals surface area contributed by atoms with Crippen molar-refractivity contribution in [2.45, 2.75) is 13.8 Å². The van der Waals surface area contributed by atoms with Gasteiger partial charge in [-0.1, -0.05) is 42.5 Å². The van der Waals surface area contributed by atoms with Crippen LogP contribution in [0.15, 0.2) is 65.1 Å². The number of benzene rings is 2. The van der Waals surface area contributed by atoms with Gasteiger partial charge in [0, 0.05) is 5.69 Å². The summed E-state index contributed by atoms with van der Waals surface area (Å²) in [5.41, 5.74) is 3.61. The van der Waals surface area contributed by atoms with Gasteiger partial charge in [-0.2, -0.15) is 0 Å². The van der Waals surface area contributed by atoms with E-state index in [0.29, 0.717) is 11.3 Å². The Morgan fingerprint density at radius 3 is 2.14 bits per heavy atom.